The summed E-state index contributed by atoms with van der Waals surface area (Å²) in [6.07, 6.45) is 0. The number of benzene rings is 1. The third kappa shape index (κ3) is 2.10. The fraction of sp³-hybridized carbons (Fsp3) is 0. The zero-order valence-corrected chi connectivity index (χ0v) is 8.89. The van der Waals surface area contributed by atoms with Crippen molar-refractivity contribution < 1.29 is 19.1 Å². The van der Waals surface area contributed by atoms with Gasteiger partial charge in [-0.3, -0.25) is 4.79 Å². The average molecular weight is 281 g/mol. The maximum Gasteiger partial charge on any atom is 0.377 e. The van der Waals surface area contributed by atoms with Crippen molar-refractivity contribution in [2.24, 2.45) is 0 Å². The van der Waals surface area contributed by atoms with Gasteiger partial charge in [0, 0.05) is 10.0 Å². The first-order valence-electron chi connectivity index (χ1n) is 3.35. The van der Waals surface area contributed by atoms with Crippen LogP contribution in [-0.4, -0.2) is 16.9 Å². The van der Waals surface area contributed by atoms with Crippen LogP contribution in [-0.2, 0) is 4.79 Å². The van der Waals surface area contributed by atoms with Gasteiger partial charge in [0.2, 0.25) is 0 Å². The normalized spacial score (nSPS) is 9.93. The van der Waals surface area contributed by atoms with Crippen molar-refractivity contribution in [2.45, 2.75) is 0 Å². The van der Waals surface area contributed by atoms with Crippen molar-refractivity contribution in [3.05, 3.63) is 33.0 Å². The molecule has 0 bridgehead atoms. The van der Waals surface area contributed by atoms with E-state index < -0.39 is 17.6 Å². The molecule has 0 spiro atoms. The number of hydrogen-bond donors (Lipinski definition) is 1. The molecule has 0 aromatic heterocycles. The summed E-state index contributed by atoms with van der Waals surface area (Å²) in [5.41, 5.74) is -0.258. The van der Waals surface area contributed by atoms with Crippen LogP contribution in [0.1, 0.15) is 10.4 Å². The van der Waals surface area contributed by atoms with Crippen molar-refractivity contribution in [1.29, 1.82) is 0 Å². The second-order valence-corrected chi connectivity index (χ2v) is 3.62. The Morgan fingerprint density at radius 1 is 1.43 bits per heavy atom. The Morgan fingerprint density at radius 3 is 2.43 bits per heavy atom. The monoisotopic (exact) mass is 280 g/mol. The quantitative estimate of drug-likeness (QED) is 0.515. The van der Waals surface area contributed by atoms with Gasteiger partial charge in [0.25, 0.3) is 5.78 Å². The Hall–Kier alpha value is -0.940. The molecule has 0 aliphatic rings. The highest BCUT2D eigenvalue weighted by Crippen LogP contribution is 2.26. The first-order valence-corrected chi connectivity index (χ1v) is 4.52. The van der Waals surface area contributed by atoms with Gasteiger partial charge in [-0.05, 0) is 28.1 Å². The van der Waals surface area contributed by atoms with Crippen molar-refractivity contribution in [3.8, 4) is 0 Å². The van der Waals surface area contributed by atoms with E-state index in [4.69, 9.17) is 16.7 Å². The number of carbonyl (C=O) groups excluding carboxylic acids is 1. The molecular weight excluding hydrogens is 278 g/mol. The molecule has 0 aliphatic heterocycles. The van der Waals surface area contributed by atoms with Crippen molar-refractivity contribution in [2.75, 3.05) is 0 Å². The van der Waals surface area contributed by atoms with Crippen LogP contribution in [0.15, 0.2) is 16.6 Å². The molecule has 0 unspecified atom stereocenters. The minimum Gasteiger partial charge on any atom is -0.475 e. The maximum absolute atomic E-state index is 13.0. The van der Waals surface area contributed by atoms with E-state index in [9.17, 15) is 14.0 Å². The lowest BCUT2D eigenvalue weighted by molar-refractivity contribution is -0.131. The van der Waals surface area contributed by atoms with E-state index >= 15 is 0 Å². The van der Waals surface area contributed by atoms with E-state index in [0.29, 0.717) is 0 Å². The van der Waals surface area contributed by atoms with Gasteiger partial charge in [0.15, 0.2) is 0 Å². The molecule has 1 aromatic rings. The van der Waals surface area contributed by atoms with E-state index in [1.165, 1.54) is 0 Å². The summed E-state index contributed by atoms with van der Waals surface area (Å²) >= 11 is 8.35. The molecule has 14 heavy (non-hydrogen) atoms. The lowest BCUT2D eigenvalue weighted by Crippen LogP contribution is -2.12. The highest BCUT2D eigenvalue weighted by atomic mass is 79.9. The molecule has 3 nitrogen and oxygen atoms in total. The summed E-state index contributed by atoms with van der Waals surface area (Å²) in [6.45, 7) is 0. The van der Waals surface area contributed by atoms with Gasteiger partial charge in [-0.2, -0.15) is 0 Å². The largest absolute Gasteiger partial charge is 0.475 e. The standard InChI is InChI=1S/C8H3BrClFO3/c9-4-1-3(7(12)8(13)14)2-5(11)6(4)10/h1-2H,(H,13,14). The van der Waals surface area contributed by atoms with Crippen LogP contribution in [0.4, 0.5) is 4.39 Å². The van der Waals surface area contributed by atoms with Crippen LogP contribution >= 0.6 is 27.5 Å². The van der Waals surface area contributed by atoms with E-state index in [1.807, 2.05) is 0 Å². The number of hydrogen-bond acceptors (Lipinski definition) is 2. The lowest BCUT2D eigenvalue weighted by Gasteiger charge is -2.00. The number of aliphatic carboxylic acids is 1. The second kappa shape index (κ2) is 4.06. The topological polar surface area (TPSA) is 54.4 Å². The Morgan fingerprint density at radius 2 is 2.00 bits per heavy atom. The summed E-state index contributed by atoms with van der Waals surface area (Å²) in [7, 11) is 0. The van der Waals surface area contributed by atoms with Crippen molar-refractivity contribution in [3.63, 3.8) is 0 Å². The number of Topliss-reactive ketones (excluding diaryl/α,β-unsaturated/α-hetero) is 1. The third-order valence-electron chi connectivity index (χ3n) is 1.44. The number of carboxylic acid groups (broad SMARTS) is 1. The first-order chi connectivity index (χ1) is 6.43. The molecule has 1 rings (SSSR count). The molecule has 0 amide bonds. The van der Waals surface area contributed by atoms with Crippen LogP contribution in [0.25, 0.3) is 0 Å². The fourth-order valence-electron chi connectivity index (χ4n) is 0.810. The highest BCUT2D eigenvalue weighted by molar-refractivity contribution is 9.10. The maximum atomic E-state index is 13.0. The molecule has 0 aliphatic carbocycles. The summed E-state index contributed by atoms with van der Waals surface area (Å²) in [4.78, 5) is 21.2. The molecule has 6 heteroatoms. The van der Waals surface area contributed by atoms with Gasteiger partial charge in [0.05, 0.1) is 5.02 Å². The predicted octanol–water partition coefficient (Wildman–Crippen LogP) is 2.51. The summed E-state index contributed by atoms with van der Waals surface area (Å²) in [5, 5.41) is 8.18. The Balaban J connectivity index is 3.26. The molecular formula is C8H3BrClFO3. The van der Waals surface area contributed by atoms with Gasteiger partial charge >= 0.3 is 5.97 Å². The van der Waals surface area contributed by atoms with E-state index in [1.54, 1.807) is 0 Å². The smallest absolute Gasteiger partial charge is 0.377 e. The van der Waals surface area contributed by atoms with Gasteiger partial charge in [-0.25, -0.2) is 9.18 Å². The SMILES string of the molecule is O=C(O)C(=O)c1cc(F)c(Cl)c(Br)c1. The van der Waals surface area contributed by atoms with Crippen LogP contribution in [0.3, 0.4) is 0 Å². The molecule has 74 valence electrons. The highest BCUT2D eigenvalue weighted by Gasteiger charge is 2.17. The van der Waals surface area contributed by atoms with Gasteiger partial charge in [-0.1, -0.05) is 11.6 Å². The first kappa shape index (κ1) is 11.1. The summed E-state index contributed by atoms with van der Waals surface area (Å²) < 4.78 is 13.1. The Labute approximate surface area is 91.6 Å². The Bertz CT molecular complexity index is 396. The van der Waals surface area contributed by atoms with Crippen LogP contribution in [0, 0.1) is 5.82 Å². The van der Waals surface area contributed by atoms with Crippen LogP contribution in [0.5, 0.6) is 0 Å². The number of ketones is 1. The minimum absolute atomic E-state index is 0.142. The van der Waals surface area contributed by atoms with Crippen molar-refractivity contribution in [1.82, 2.24) is 0 Å². The van der Waals surface area contributed by atoms with Gasteiger partial charge in [-0.15, -0.1) is 0 Å². The molecule has 0 fully saturated rings. The van der Waals surface area contributed by atoms with Gasteiger partial charge < -0.3 is 5.11 Å². The van der Waals surface area contributed by atoms with Crippen molar-refractivity contribution >= 4 is 39.3 Å². The molecule has 1 aromatic carbocycles. The average Bonchev–Trinajstić information content (AvgIpc) is 2.12. The van der Waals surface area contributed by atoms with E-state index in [-0.39, 0.29) is 15.1 Å². The second-order valence-electron chi connectivity index (χ2n) is 2.39. The predicted molar refractivity (Wildman–Crippen MR) is 51.1 cm³/mol. The molecule has 0 saturated heterocycles. The van der Waals surface area contributed by atoms with Crippen LogP contribution in [0.2, 0.25) is 5.02 Å². The molecule has 0 radical (unpaired) electrons. The third-order valence-corrected chi connectivity index (χ3v) is 2.68. The van der Waals surface area contributed by atoms with E-state index in [2.05, 4.69) is 15.9 Å². The summed E-state index contributed by atoms with van der Waals surface area (Å²) in [6, 6.07) is 1.94. The number of carbonyl (C=O) groups is 2. The number of carboxylic acids is 1. The molecule has 0 heterocycles. The lowest BCUT2D eigenvalue weighted by atomic mass is 10.1. The molecule has 0 saturated carbocycles. The number of rotatable bonds is 2. The fourth-order valence-corrected chi connectivity index (χ4v) is 1.36. The minimum atomic E-state index is -1.64. The Kier molecular flexibility index (Phi) is 3.23. The van der Waals surface area contributed by atoms with Crippen LogP contribution < -0.4 is 0 Å². The zero-order chi connectivity index (χ0) is 10.9. The molecule has 0 atom stereocenters. The summed E-state index contributed by atoms with van der Waals surface area (Å²) in [5.74, 6) is -3.66. The number of halogens is 3. The van der Waals surface area contributed by atoms with E-state index in [0.717, 1.165) is 12.1 Å². The van der Waals surface area contributed by atoms with Gasteiger partial charge in [0.1, 0.15) is 5.82 Å². The zero-order valence-electron chi connectivity index (χ0n) is 6.55. The molecule has 1 N–H and O–H groups in total.